The molecule has 10 heteroatoms. The minimum Gasteiger partial charge on any atom is -0.507 e. The lowest BCUT2D eigenvalue weighted by Crippen LogP contribution is -2.42. The van der Waals surface area contributed by atoms with E-state index in [1.807, 2.05) is 0 Å². The SMILES string of the molecule is CCOC(=O)C(F)(F)[C@H](N)c1c([N+](=O)[O-])ccc(C)c1O.Cl. The molecule has 0 aliphatic rings. The highest BCUT2D eigenvalue weighted by molar-refractivity contribution is 5.85. The minimum absolute atomic E-state index is 0. The summed E-state index contributed by atoms with van der Waals surface area (Å²) in [5, 5.41) is 20.7. The smallest absolute Gasteiger partial charge is 0.379 e. The molecule has 0 amide bonds. The molecule has 0 fully saturated rings. The zero-order valence-corrected chi connectivity index (χ0v) is 12.5. The molecule has 3 N–H and O–H groups in total. The van der Waals surface area contributed by atoms with Crippen LogP contribution < -0.4 is 5.73 Å². The number of nitrogens with two attached hydrogens (primary N) is 1. The maximum Gasteiger partial charge on any atom is 0.379 e. The Balaban J connectivity index is 0.00000441. The summed E-state index contributed by atoms with van der Waals surface area (Å²) in [5.41, 5.74) is 3.81. The maximum absolute atomic E-state index is 13.9. The second kappa shape index (κ2) is 7.32. The quantitative estimate of drug-likeness (QED) is 0.482. The Labute approximate surface area is 130 Å². The summed E-state index contributed by atoms with van der Waals surface area (Å²) in [4.78, 5) is 21.2. The van der Waals surface area contributed by atoms with Crippen LogP contribution in [0.4, 0.5) is 14.5 Å². The molecule has 0 heterocycles. The fraction of sp³-hybridized carbons (Fsp3) is 0.417. The van der Waals surface area contributed by atoms with Crippen molar-refractivity contribution >= 4 is 24.1 Å². The van der Waals surface area contributed by atoms with Gasteiger partial charge in [-0.25, -0.2) is 4.79 Å². The molecule has 7 nitrogen and oxygen atoms in total. The van der Waals surface area contributed by atoms with Gasteiger partial charge in [0.1, 0.15) is 11.8 Å². The van der Waals surface area contributed by atoms with E-state index < -0.39 is 39.9 Å². The molecule has 0 bridgehead atoms. The zero-order valence-electron chi connectivity index (χ0n) is 11.7. The molecule has 0 aromatic heterocycles. The van der Waals surface area contributed by atoms with Crippen molar-refractivity contribution in [3.63, 3.8) is 0 Å². The van der Waals surface area contributed by atoms with Gasteiger partial charge in [-0.15, -0.1) is 12.4 Å². The van der Waals surface area contributed by atoms with Crippen LogP contribution in [0, 0.1) is 17.0 Å². The number of rotatable bonds is 5. The Morgan fingerprint density at radius 1 is 1.55 bits per heavy atom. The van der Waals surface area contributed by atoms with Crippen LogP contribution in [0.25, 0.3) is 0 Å². The summed E-state index contributed by atoms with van der Waals surface area (Å²) in [6, 6.07) is -0.283. The average molecular weight is 341 g/mol. The van der Waals surface area contributed by atoms with Crippen molar-refractivity contribution in [3.8, 4) is 5.75 Å². The summed E-state index contributed by atoms with van der Waals surface area (Å²) >= 11 is 0. The van der Waals surface area contributed by atoms with E-state index in [0.29, 0.717) is 0 Å². The molecule has 22 heavy (non-hydrogen) atoms. The third-order valence-electron chi connectivity index (χ3n) is 2.84. The van der Waals surface area contributed by atoms with Gasteiger partial charge in [0.2, 0.25) is 0 Å². The van der Waals surface area contributed by atoms with Crippen LogP contribution in [0.5, 0.6) is 5.75 Å². The van der Waals surface area contributed by atoms with Gasteiger partial charge < -0.3 is 15.6 Å². The van der Waals surface area contributed by atoms with Crippen LogP contribution in [0.1, 0.15) is 24.1 Å². The first-order valence-corrected chi connectivity index (χ1v) is 5.92. The van der Waals surface area contributed by atoms with E-state index in [0.717, 1.165) is 6.07 Å². The van der Waals surface area contributed by atoms with Crippen LogP contribution in [-0.2, 0) is 9.53 Å². The van der Waals surface area contributed by atoms with E-state index in [1.54, 1.807) is 0 Å². The van der Waals surface area contributed by atoms with Gasteiger partial charge in [0, 0.05) is 6.07 Å². The van der Waals surface area contributed by atoms with Crippen LogP contribution >= 0.6 is 12.4 Å². The van der Waals surface area contributed by atoms with E-state index in [-0.39, 0.29) is 24.6 Å². The van der Waals surface area contributed by atoms with Crippen LogP contribution in [0.3, 0.4) is 0 Å². The summed E-state index contributed by atoms with van der Waals surface area (Å²) in [5.74, 6) is -6.88. The van der Waals surface area contributed by atoms with E-state index in [4.69, 9.17) is 5.73 Å². The molecule has 0 saturated carbocycles. The predicted octanol–water partition coefficient (Wildman–Crippen LogP) is 2.23. The summed E-state index contributed by atoms with van der Waals surface area (Å²) < 4.78 is 32.0. The van der Waals surface area contributed by atoms with Gasteiger partial charge in [-0.3, -0.25) is 10.1 Å². The number of hydrogen-bond donors (Lipinski definition) is 2. The van der Waals surface area contributed by atoms with E-state index in [2.05, 4.69) is 4.74 Å². The molecule has 1 aromatic rings. The number of carbonyl (C=O) groups excluding carboxylic acids is 1. The van der Waals surface area contributed by atoms with Gasteiger partial charge in [-0.1, -0.05) is 0 Å². The zero-order chi connectivity index (χ0) is 16.4. The molecule has 0 radical (unpaired) electrons. The number of halogens is 3. The Kier molecular flexibility index (Phi) is 6.65. The molecule has 0 unspecified atom stereocenters. The monoisotopic (exact) mass is 340 g/mol. The van der Waals surface area contributed by atoms with Crippen molar-refractivity contribution in [3.05, 3.63) is 33.4 Å². The highest BCUT2D eigenvalue weighted by Crippen LogP contribution is 2.41. The third-order valence-corrected chi connectivity index (χ3v) is 2.84. The number of nitro groups is 1. The van der Waals surface area contributed by atoms with E-state index >= 15 is 0 Å². The summed E-state index contributed by atoms with van der Waals surface area (Å²) in [6.07, 6.45) is 0. The Hall–Kier alpha value is -2.00. The fourth-order valence-corrected chi connectivity index (χ4v) is 1.71. The van der Waals surface area contributed by atoms with Crippen molar-refractivity contribution in [1.82, 2.24) is 0 Å². The van der Waals surface area contributed by atoms with Crippen molar-refractivity contribution in [1.29, 1.82) is 0 Å². The van der Waals surface area contributed by atoms with E-state index in [9.17, 15) is 28.8 Å². The van der Waals surface area contributed by atoms with Crippen molar-refractivity contribution in [2.45, 2.75) is 25.8 Å². The summed E-state index contributed by atoms with van der Waals surface area (Å²) in [6.45, 7) is 2.38. The second-order valence-electron chi connectivity index (χ2n) is 4.24. The lowest BCUT2D eigenvalue weighted by atomic mass is 9.96. The third kappa shape index (κ3) is 3.60. The Morgan fingerprint density at radius 2 is 2.09 bits per heavy atom. The van der Waals surface area contributed by atoms with Gasteiger partial charge in [0.05, 0.1) is 17.1 Å². The summed E-state index contributed by atoms with van der Waals surface area (Å²) in [7, 11) is 0. The van der Waals surface area contributed by atoms with Gasteiger partial charge in [-0.05, 0) is 25.5 Å². The van der Waals surface area contributed by atoms with Crippen molar-refractivity contribution < 1.29 is 28.3 Å². The first-order chi connectivity index (χ1) is 9.64. The fourth-order valence-electron chi connectivity index (χ4n) is 1.71. The minimum atomic E-state index is -4.22. The second-order valence-corrected chi connectivity index (χ2v) is 4.24. The first kappa shape index (κ1) is 20.0. The Morgan fingerprint density at radius 3 is 2.55 bits per heavy atom. The van der Waals surface area contributed by atoms with Crippen molar-refractivity contribution in [2.24, 2.45) is 5.73 Å². The van der Waals surface area contributed by atoms with Crippen LogP contribution in [0.15, 0.2) is 12.1 Å². The number of alkyl halides is 2. The van der Waals surface area contributed by atoms with Gasteiger partial charge in [0.25, 0.3) is 5.69 Å². The number of phenols is 1. The lowest BCUT2D eigenvalue weighted by molar-refractivity contribution is -0.386. The number of esters is 1. The normalized spacial score (nSPS) is 12.2. The number of benzene rings is 1. The largest absolute Gasteiger partial charge is 0.507 e. The molecule has 0 aliphatic heterocycles. The maximum atomic E-state index is 13.9. The molecule has 0 aliphatic carbocycles. The lowest BCUT2D eigenvalue weighted by Gasteiger charge is -2.22. The van der Waals surface area contributed by atoms with Crippen LogP contribution in [-0.4, -0.2) is 28.5 Å². The standard InChI is InChI=1S/C12H14F2N2O5.ClH/c1-3-21-11(18)12(13,14)10(15)8-7(16(19)20)5-4-6(2)9(8)17;/h4-5,10,17H,3,15H2,1-2H3;1H/t10-;/m1./s1. The first-order valence-electron chi connectivity index (χ1n) is 5.92. The highest BCUT2D eigenvalue weighted by atomic mass is 35.5. The van der Waals surface area contributed by atoms with E-state index in [1.165, 1.54) is 19.9 Å². The molecule has 1 rings (SSSR count). The van der Waals surface area contributed by atoms with Crippen molar-refractivity contribution in [2.75, 3.05) is 6.61 Å². The van der Waals surface area contributed by atoms with Gasteiger partial charge in [-0.2, -0.15) is 8.78 Å². The topological polar surface area (TPSA) is 116 Å². The number of hydrogen-bond acceptors (Lipinski definition) is 6. The molecule has 0 saturated heterocycles. The molecular weight excluding hydrogens is 326 g/mol. The van der Waals surface area contributed by atoms with Crippen LogP contribution in [0.2, 0.25) is 0 Å². The number of aromatic hydroxyl groups is 1. The molecule has 0 spiro atoms. The number of carbonyl (C=O) groups is 1. The number of ether oxygens (including phenoxy) is 1. The molecule has 124 valence electrons. The predicted molar refractivity (Wildman–Crippen MR) is 75.3 cm³/mol. The molecule has 1 atom stereocenters. The van der Waals surface area contributed by atoms with Gasteiger partial charge >= 0.3 is 11.9 Å². The molecule has 1 aromatic carbocycles. The highest BCUT2D eigenvalue weighted by Gasteiger charge is 2.50. The number of aryl methyl sites for hydroxylation is 1. The number of nitro benzene ring substituents is 1. The Bertz CT molecular complexity index is 583. The van der Waals surface area contributed by atoms with Gasteiger partial charge in [0.15, 0.2) is 0 Å². The average Bonchev–Trinajstić information content (AvgIpc) is 2.40. The number of phenolic OH excluding ortho intramolecular Hbond substituents is 1. The molecular formula is C12H15ClF2N2O5. The number of nitrogens with zero attached hydrogens (tertiary/aromatic N) is 1.